The number of amides is 2. The fraction of sp³-hybridized carbons (Fsp3) is 0.188. The largest absolute Gasteiger partial charge is 0.454 e. The van der Waals surface area contributed by atoms with Crippen molar-refractivity contribution in [1.82, 2.24) is 10.6 Å². The van der Waals surface area contributed by atoms with Crippen LogP contribution in [-0.2, 0) is 13.1 Å². The number of ether oxygens (including phenoxy) is 2. The Hall–Kier alpha value is -2.76. The van der Waals surface area contributed by atoms with Crippen LogP contribution in [0.3, 0.4) is 0 Å². The average molecular weight is 302 g/mol. The summed E-state index contributed by atoms with van der Waals surface area (Å²) in [4.78, 5) is 11.7. The van der Waals surface area contributed by atoms with E-state index >= 15 is 0 Å². The molecule has 1 heterocycles. The quantitative estimate of drug-likeness (QED) is 0.912. The van der Waals surface area contributed by atoms with Crippen LogP contribution in [0.2, 0.25) is 0 Å². The van der Waals surface area contributed by atoms with Gasteiger partial charge in [-0.15, -0.1) is 0 Å². The Kier molecular flexibility index (Phi) is 4.09. The number of halogens is 1. The van der Waals surface area contributed by atoms with Crippen LogP contribution < -0.4 is 20.1 Å². The zero-order chi connectivity index (χ0) is 15.4. The Morgan fingerprint density at radius 1 is 1.05 bits per heavy atom. The first-order valence-corrected chi connectivity index (χ1v) is 6.86. The maximum absolute atomic E-state index is 13.4. The van der Waals surface area contributed by atoms with E-state index in [0.717, 1.165) is 5.56 Å². The van der Waals surface area contributed by atoms with Crippen LogP contribution in [0.1, 0.15) is 11.1 Å². The molecule has 0 spiro atoms. The van der Waals surface area contributed by atoms with Gasteiger partial charge in [-0.1, -0.05) is 24.3 Å². The summed E-state index contributed by atoms with van der Waals surface area (Å²) in [6, 6.07) is 11.4. The van der Waals surface area contributed by atoms with Gasteiger partial charge >= 0.3 is 6.03 Å². The van der Waals surface area contributed by atoms with E-state index in [0.29, 0.717) is 23.6 Å². The molecule has 5 nitrogen and oxygen atoms in total. The van der Waals surface area contributed by atoms with Crippen LogP contribution in [0.4, 0.5) is 9.18 Å². The summed E-state index contributed by atoms with van der Waals surface area (Å²) >= 11 is 0. The Morgan fingerprint density at radius 2 is 1.82 bits per heavy atom. The van der Waals surface area contributed by atoms with Crippen molar-refractivity contribution >= 4 is 6.03 Å². The van der Waals surface area contributed by atoms with Crippen molar-refractivity contribution in [1.29, 1.82) is 0 Å². The van der Waals surface area contributed by atoms with Crippen molar-refractivity contribution in [2.24, 2.45) is 0 Å². The number of carbonyl (C=O) groups excluding carboxylic acids is 1. The lowest BCUT2D eigenvalue weighted by Crippen LogP contribution is -2.34. The standard InChI is InChI=1S/C16H15FN2O3/c17-13-4-2-1-3-12(13)9-19-16(20)18-8-11-5-6-14-15(7-11)22-10-21-14/h1-7H,8-10H2,(H2,18,19,20). The minimum absolute atomic E-state index is 0.139. The number of hydrogen-bond donors (Lipinski definition) is 2. The number of rotatable bonds is 4. The molecule has 22 heavy (non-hydrogen) atoms. The maximum Gasteiger partial charge on any atom is 0.315 e. The Labute approximate surface area is 127 Å². The van der Waals surface area contributed by atoms with Crippen LogP contribution in [0.15, 0.2) is 42.5 Å². The first kappa shape index (κ1) is 14.2. The lowest BCUT2D eigenvalue weighted by atomic mass is 10.2. The van der Waals surface area contributed by atoms with E-state index in [2.05, 4.69) is 10.6 Å². The number of benzene rings is 2. The number of hydrogen-bond acceptors (Lipinski definition) is 3. The molecule has 0 aromatic heterocycles. The zero-order valence-electron chi connectivity index (χ0n) is 11.8. The second-order valence-corrected chi connectivity index (χ2v) is 4.82. The molecular formula is C16H15FN2O3. The van der Waals surface area contributed by atoms with Gasteiger partial charge in [0.05, 0.1) is 0 Å². The molecule has 2 aromatic rings. The minimum Gasteiger partial charge on any atom is -0.454 e. The van der Waals surface area contributed by atoms with Gasteiger partial charge in [0.1, 0.15) is 5.82 Å². The van der Waals surface area contributed by atoms with Gasteiger partial charge in [0.25, 0.3) is 0 Å². The van der Waals surface area contributed by atoms with Crippen molar-refractivity contribution in [2.45, 2.75) is 13.1 Å². The highest BCUT2D eigenvalue weighted by Crippen LogP contribution is 2.32. The van der Waals surface area contributed by atoms with Gasteiger partial charge in [0.15, 0.2) is 11.5 Å². The predicted octanol–water partition coefficient (Wildman–Crippen LogP) is 2.55. The molecule has 2 N–H and O–H groups in total. The molecule has 2 amide bonds. The number of urea groups is 1. The number of fused-ring (bicyclic) bond motifs is 1. The SMILES string of the molecule is O=C(NCc1ccc2c(c1)OCO2)NCc1ccccc1F. The molecule has 6 heteroatoms. The summed E-state index contributed by atoms with van der Waals surface area (Å²) in [6.07, 6.45) is 0. The van der Waals surface area contributed by atoms with Crippen molar-refractivity contribution < 1.29 is 18.7 Å². The van der Waals surface area contributed by atoms with Gasteiger partial charge in [-0.2, -0.15) is 0 Å². The first-order valence-electron chi connectivity index (χ1n) is 6.86. The fourth-order valence-corrected chi connectivity index (χ4v) is 2.11. The van der Waals surface area contributed by atoms with Crippen molar-refractivity contribution in [2.75, 3.05) is 6.79 Å². The van der Waals surface area contributed by atoms with E-state index in [1.54, 1.807) is 24.3 Å². The van der Waals surface area contributed by atoms with Gasteiger partial charge in [0.2, 0.25) is 6.79 Å². The summed E-state index contributed by atoms with van der Waals surface area (Å²) in [5.41, 5.74) is 1.34. The van der Waals surface area contributed by atoms with Gasteiger partial charge in [-0.3, -0.25) is 0 Å². The summed E-state index contributed by atoms with van der Waals surface area (Å²) < 4.78 is 23.9. The van der Waals surface area contributed by atoms with E-state index in [9.17, 15) is 9.18 Å². The Bertz CT molecular complexity index is 691. The molecule has 0 radical (unpaired) electrons. The third-order valence-corrected chi connectivity index (χ3v) is 3.29. The van der Waals surface area contributed by atoms with Crippen molar-refractivity contribution in [3.8, 4) is 11.5 Å². The second-order valence-electron chi connectivity index (χ2n) is 4.82. The number of nitrogens with one attached hydrogen (secondary N) is 2. The Balaban J connectivity index is 1.49. The highest BCUT2D eigenvalue weighted by molar-refractivity contribution is 5.73. The summed E-state index contributed by atoms with van der Waals surface area (Å²) in [6.45, 7) is 0.703. The van der Waals surface area contributed by atoms with E-state index in [1.165, 1.54) is 6.07 Å². The van der Waals surface area contributed by atoms with E-state index in [1.807, 2.05) is 12.1 Å². The lowest BCUT2D eigenvalue weighted by Gasteiger charge is -2.09. The molecule has 0 saturated heterocycles. The van der Waals surface area contributed by atoms with Gasteiger partial charge in [-0.25, -0.2) is 9.18 Å². The molecule has 0 aliphatic carbocycles. The molecule has 1 aliphatic heterocycles. The summed E-state index contributed by atoms with van der Waals surface area (Å²) in [5, 5.41) is 5.33. The normalized spacial score (nSPS) is 12.0. The highest BCUT2D eigenvalue weighted by atomic mass is 19.1. The van der Waals surface area contributed by atoms with Gasteiger partial charge in [0, 0.05) is 18.7 Å². The van der Waals surface area contributed by atoms with E-state index < -0.39 is 0 Å². The topological polar surface area (TPSA) is 59.6 Å². The first-order chi connectivity index (χ1) is 10.7. The Morgan fingerprint density at radius 3 is 2.68 bits per heavy atom. The van der Waals surface area contributed by atoms with Crippen LogP contribution in [0.5, 0.6) is 11.5 Å². The number of carbonyl (C=O) groups is 1. The maximum atomic E-state index is 13.4. The predicted molar refractivity (Wildman–Crippen MR) is 78.0 cm³/mol. The van der Waals surface area contributed by atoms with Crippen molar-refractivity contribution in [3.63, 3.8) is 0 Å². The molecule has 0 fully saturated rings. The zero-order valence-corrected chi connectivity index (χ0v) is 11.8. The molecule has 2 aromatic carbocycles. The van der Waals surface area contributed by atoms with Crippen LogP contribution >= 0.6 is 0 Å². The van der Waals surface area contributed by atoms with Crippen LogP contribution in [-0.4, -0.2) is 12.8 Å². The monoisotopic (exact) mass is 302 g/mol. The molecule has 0 saturated carbocycles. The third-order valence-electron chi connectivity index (χ3n) is 3.29. The fourth-order valence-electron chi connectivity index (χ4n) is 2.11. The van der Waals surface area contributed by atoms with Crippen molar-refractivity contribution in [3.05, 3.63) is 59.4 Å². The lowest BCUT2D eigenvalue weighted by molar-refractivity contribution is 0.174. The van der Waals surface area contributed by atoms with Crippen LogP contribution in [0.25, 0.3) is 0 Å². The smallest absolute Gasteiger partial charge is 0.315 e. The van der Waals surface area contributed by atoms with Gasteiger partial charge < -0.3 is 20.1 Å². The molecule has 114 valence electrons. The molecule has 0 atom stereocenters. The molecule has 0 bridgehead atoms. The molecule has 1 aliphatic rings. The van der Waals surface area contributed by atoms with E-state index in [-0.39, 0.29) is 25.2 Å². The highest BCUT2D eigenvalue weighted by Gasteiger charge is 2.13. The molecular weight excluding hydrogens is 287 g/mol. The third kappa shape index (κ3) is 3.28. The second kappa shape index (κ2) is 6.34. The average Bonchev–Trinajstić information content (AvgIpc) is 2.99. The summed E-state index contributed by atoms with van der Waals surface area (Å²) in [7, 11) is 0. The molecule has 0 unspecified atom stereocenters. The molecule has 3 rings (SSSR count). The van der Waals surface area contributed by atoms with Gasteiger partial charge in [-0.05, 0) is 23.8 Å². The van der Waals surface area contributed by atoms with E-state index in [4.69, 9.17) is 9.47 Å². The van der Waals surface area contributed by atoms with Crippen LogP contribution in [0, 0.1) is 5.82 Å². The summed E-state index contributed by atoms with van der Waals surface area (Å²) in [5.74, 6) is 1.04. The minimum atomic E-state index is -0.360.